The van der Waals surface area contributed by atoms with Gasteiger partial charge >= 0.3 is 0 Å². The quantitative estimate of drug-likeness (QED) is 0.291. The predicted molar refractivity (Wildman–Crippen MR) is 88.6 cm³/mol. The van der Waals surface area contributed by atoms with Crippen LogP contribution in [0.1, 0.15) is 0 Å². The lowest BCUT2D eigenvalue weighted by molar-refractivity contribution is -0.0822. The monoisotopic (exact) mass is 354 g/mol. The smallest absolute Gasteiger partial charge is 0.104 e. The zero-order valence-electron chi connectivity index (χ0n) is 15.3. The fourth-order valence-corrected chi connectivity index (χ4v) is 1.60. The van der Waals surface area contributed by atoms with Gasteiger partial charge in [-0.15, -0.1) is 0 Å². The van der Waals surface area contributed by atoms with E-state index in [0.717, 1.165) is 0 Å². The molecule has 146 valence electrons. The van der Waals surface area contributed by atoms with Crippen LogP contribution in [0.2, 0.25) is 0 Å². The van der Waals surface area contributed by atoms with E-state index in [1.807, 2.05) is 0 Å². The normalized spacial score (nSPS) is 11.5. The topological polar surface area (TPSA) is 73.8 Å². The van der Waals surface area contributed by atoms with Crippen LogP contribution in [0, 0.1) is 0 Å². The van der Waals surface area contributed by atoms with Crippen molar-refractivity contribution in [2.75, 3.05) is 101 Å². The van der Waals surface area contributed by atoms with E-state index in [-0.39, 0.29) is 6.10 Å². The third-order valence-electron chi connectivity index (χ3n) is 2.86. The Balaban J connectivity index is 3.64. The summed E-state index contributed by atoms with van der Waals surface area (Å²) in [6, 6.07) is 0. The molecular weight excluding hydrogens is 320 g/mol. The highest BCUT2D eigenvalue weighted by Gasteiger charge is 2.10. The molecule has 0 spiro atoms. The number of hydrogen-bond acceptors (Lipinski definition) is 8. The first-order valence-corrected chi connectivity index (χ1v) is 8.24. The summed E-state index contributed by atoms with van der Waals surface area (Å²) < 4.78 is 42.2. The van der Waals surface area contributed by atoms with Gasteiger partial charge in [0.2, 0.25) is 0 Å². The number of rotatable bonds is 20. The standard InChI is InChI=1S/C16H34O8/c1-17-4-7-20-9-11-22-14-16(24-13-6-19-3)15-23-12-10-21-8-5-18-2/h16H,4-15H2,1-3H3. The summed E-state index contributed by atoms with van der Waals surface area (Å²) in [5.41, 5.74) is 0. The summed E-state index contributed by atoms with van der Waals surface area (Å²) in [7, 11) is 4.93. The summed E-state index contributed by atoms with van der Waals surface area (Å²) in [5, 5.41) is 0. The predicted octanol–water partition coefficient (Wildman–Crippen LogP) is 0.377. The molecule has 8 nitrogen and oxygen atoms in total. The van der Waals surface area contributed by atoms with Crippen molar-refractivity contribution >= 4 is 0 Å². The Bertz CT molecular complexity index is 212. The van der Waals surface area contributed by atoms with E-state index in [0.29, 0.717) is 79.3 Å². The molecule has 0 unspecified atom stereocenters. The minimum atomic E-state index is -0.141. The summed E-state index contributed by atoms with van der Waals surface area (Å²) in [6.07, 6.45) is -0.141. The second-order valence-electron chi connectivity index (χ2n) is 4.85. The third-order valence-corrected chi connectivity index (χ3v) is 2.86. The molecular formula is C16H34O8. The Morgan fingerprint density at radius 2 is 0.833 bits per heavy atom. The molecule has 0 aliphatic rings. The van der Waals surface area contributed by atoms with Crippen LogP contribution in [0.25, 0.3) is 0 Å². The van der Waals surface area contributed by atoms with Gasteiger partial charge in [0.05, 0.1) is 79.3 Å². The summed E-state index contributed by atoms with van der Waals surface area (Å²) in [4.78, 5) is 0. The Labute approximate surface area is 145 Å². The summed E-state index contributed by atoms with van der Waals surface area (Å²) in [6.45, 7) is 6.32. The molecule has 0 aliphatic carbocycles. The maximum absolute atomic E-state index is 5.68. The second kappa shape index (κ2) is 20.7. The zero-order chi connectivity index (χ0) is 17.7. The van der Waals surface area contributed by atoms with Gasteiger partial charge < -0.3 is 37.9 Å². The van der Waals surface area contributed by atoms with Crippen molar-refractivity contribution in [2.24, 2.45) is 0 Å². The van der Waals surface area contributed by atoms with E-state index in [2.05, 4.69) is 0 Å². The lowest BCUT2D eigenvalue weighted by Crippen LogP contribution is -2.28. The molecule has 0 radical (unpaired) electrons. The molecule has 0 aromatic rings. The van der Waals surface area contributed by atoms with Crippen molar-refractivity contribution in [1.82, 2.24) is 0 Å². The molecule has 0 rings (SSSR count). The lowest BCUT2D eigenvalue weighted by Gasteiger charge is -2.18. The van der Waals surface area contributed by atoms with Crippen LogP contribution in [-0.2, 0) is 37.9 Å². The van der Waals surface area contributed by atoms with Crippen molar-refractivity contribution in [3.05, 3.63) is 0 Å². The molecule has 0 heterocycles. The molecule has 0 aliphatic heterocycles. The molecule has 0 aromatic heterocycles. The average Bonchev–Trinajstić information content (AvgIpc) is 2.59. The highest BCUT2D eigenvalue weighted by atomic mass is 16.6. The molecule has 0 N–H and O–H groups in total. The van der Waals surface area contributed by atoms with Gasteiger partial charge in [-0.2, -0.15) is 0 Å². The van der Waals surface area contributed by atoms with Crippen molar-refractivity contribution < 1.29 is 37.9 Å². The fraction of sp³-hybridized carbons (Fsp3) is 1.00. The van der Waals surface area contributed by atoms with Gasteiger partial charge in [-0.3, -0.25) is 0 Å². The van der Waals surface area contributed by atoms with Gasteiger partial charge in [0.1, 0.15) is 6.10 Å². The zero-order valence-corrected chi connectivity index (χ0v) is 15.3. The van der Waals surface area contributed by atoms with Crippen molar-refractivity contribution in [1.29, 1.82) is 0 Å². The Morgan fingerprint density at radius 1 is 0.458 bits per heavy atom. The molecule has 8 heteroatoms. The number of ether oxygens (including phenoxy) is 8. The van der Waals surface area contributed by atoms with Crippen LogP contribution in [0.4, 0.5) is 0 Å². The van der Waals surface area contributed by atoms with E-state index in [9.17, 15) is 0 Å². The van der Waals surface area contributed by atoms with Crippen LogP contribution < -0.4 is 0 Å². The molecule has 0 fully saturated rings. The molecule has 0 amide bonds. The van der Waals surface area contributed by atoms with Gasteiger partial charge in [-0.25, -0.2) is 0 Å². The average molecular weight is 354 g/mol. The first-order chi connectivity index (χ1) is 11.8. The Morgan fingerprint density at radius 3 is 1.29 bits per heavy atom. The molecule has 0 bridgehead atoms. The Kier molecular flexibility index (Phi) is 20.4. The number of hydrogen-bond donors (Lipinski definition) is 0. The number of methoxy groups -OCH3 is 3. The summed E-state index contributed by atoms with van der Waals surface area (Å²) >= 11 is 0. The maximum Gasteiger partial charge on any atom is 0.104 e. The molecule has 0 aromatic carbocycles. The van der Waals surface area contributed by atoms with E-state index in [4.69, 9.17) is 37.9 Å². The van der Waals surface area contributed by atoms with Crippen LogP contribution in [-0.4, -0.2) is 107 Å². The van der Waals surface area contributed by atoms with E-state index in [1.54, 1.807) is 21.3 Å². The van der Waals surface area contributed by atoms with E-state index >= 15 is 0 Å². The van der Waals surface area contributed by atoms with Crippen molar-refractivity contribution in [3.8, 4) is 0 Å². The van der Waals surface area contributed by atoms with Gasteiger partial charge in [0, 0.05) is 21.3 Å². The SMILES string of the molecule is COCCOCCOCC(COCCOCCOC)OCCOC. The van der Waals surface area contributed by atoms with Crippen LogP contribution in [0.15, 0.2) is 0 Å². The first kappa shape index (κ1) is 23.7. The van der Waals surface area contributed by atoms with Crippen molar-refractivity contribution in [3.63, 3.8) is 0 Å². The molecule has 0 saturated carbocycles. The summed E-state index contributed by atoms with van der Waals surface area (Å²) in [5.74, 6) is 0. The van der Waals surface area contributed by atoms with Gasteiger partial charge in [-0.05, 0) is 0 Å². The van der Waals surface area contributed by atoms with Gasteiger partial charge in [0.25, 0.3) is 0 Å². The Hall–Kier alpha value is -0.320. The first-order valence-electron chi connectivity index (χ1n) is 8.24. The minimum Gasteiger partial charge on any atom is -0.382 e. The maximum atomic E-state index is 5.68. The lowest BCUT2D eigenvalue weighted by atomic mass is 10.4. The minimum absolute atomic E-state index is 0.141. The fourth-order valence-electron chi connectivity index (χ4n) is 1.60. The van der Waals surface area contributed by atoms with Crippen LogP contribution in [0.5, 0.6) is 0 Å². The largest absolute Gasteiger partial charge is 0.382 e. The third kappa shape index (κ3) is 18.0. The second-order valence-corrected chi connectivity index (χ2v) is 4.85. The van der Waals surface area contributed by atoms with Crippen LogP contribution >= 0.6 is 0 Å². The van der Waals surface area contributed by atoms with E-state index in [1.165, 1.54) is 0 Å². The van der Waals surface area contributed by atoms with Gasteiger partial charge in [-0.1, -0.05) is 0 Å². The highest BCUT2D eigenvalue weighted by Crippen LogP contribution is 1.97. The van der Waals surface area contributed by atoms with Crippen molar-refractivity contribution in [2.45, 2.75) is 6.10 Å². The van der Waals surface area contributed by atoms with Crippen LogP contribution in [0.3, 0.4) is 0 Å². The molecule has 0 atom stereocenters. The highest BCUT2D eigenvalue weighted by molar-refractivity contribution is 4.56. The van der Waals surface area contributed by atoms with Gasteiger partial charge in [0.15, 0.2) is 0 Å². The molecule has 0 saturated heterocycles. The molecule has 24 heavy (non-hydrogen) atoms. The van der Waals surface area contributed by atoms with E-state index < -0.39 is 0 Å².